The molecule has 31 heavy (non-hydrogen) atoms. The summed E-state index contributed by atoms with van der Waals surface area (Å²) in [5.41, 5.74) is 1.58. The zero-order chi connectivity index (χ0) is 21.0. The molecule has 0 amide bonds. The average molecular weight is 430 g/mol. The monoisotopic (exact) mass is 429 g/mol. The van der Waals surface area contributed by atoms with Crippen molar-refractivity contribution in [3.63, 3.8) is 0 Å². The van der Waals surface area contributed by atoms with Gasteiger partial charge in [0.25, 0.3) is 0 Å². The SMILES string of the molecule is O=C(CSc1nnc([C@@H]2COc3ccccc3O2)n1-c1ccccc1)c1ccccc1. The van der Waals surface area contributed by atoms with Crippen molar-refractivity contribution >= 4 is 17.5 Å². The number of ether oxygens (including phenoxy) is 2. The number of ketones is 1. The number of nitrogens with zero attached hydrogens (tertiary/aromatic N) is 3. The molecule has 2 heterocycles. The second kappa shape index (κ2) is 8.65. The summed E-state index contributed by atoms with van der Waals surface area (Å²) in [7, 11) is 0. The maximum Gasteiger partial charge on any atom is 0.196 e. The van der Waals surface area contributed by atoms with Gasteiger partial charge in [-0.3, -0.25) is 9.36 Å². The van der Waals surface area contributed by atoms with Crippen LogP contribution in [0, 0.1) is 0 Å². The molecular weight excluding hydrogens is 410 g/mol. The maximum atomic E-state index is 12.6. The van der Waals surface area contributed by atoms with Crippen LogP contribution in [-0.2, 0) is 0 Å². The number of rotatable bonds is 6. The maximum absolute atomic E-state index is 12.6. The number of hydrogen-bond donors (Lipinski definition) is 0. The molecule has 0 saturated carbocycles. The van der Waals surface area contributed by atoms with Gasteiger partial charge in [0.2, 0.25) is 0 Å². The van der Waals surface area contributed by atoms with E-state index >= 15 is 0 Å². The zero-order valence-corrected chi connectivity index (χ0v) is 17.4. The molecule has 3 aromatic carbocycles. The molecule has 0 saturated heterocycles. The van der Waals surface area contributed by atoms with Crippen molar-refractivity contribution in [2.45, 2.75) is 11.3 Å². The lowest BCUT2D eigenvalue weighted by Crippen LogP contribution is -2.24. The van der Waals surface area contributed by atoms with E-state index in [2.05, 4.69) is 10.2 Å². The van der Waals surface area contributed by atoms with Gasteiger partial charge in [-0.05, 0) is 24.3 Å². The fourth-order valence-corrected chi connectivity index (χ4v) is 4.24. The standard InChI is InChI=1S/C24H19N3O3S/c28-19(17-9-3-1-4-10-17)16-31-24-26-25-23(27(24)18-11-5-2-6-12-18)22-15-29-20-13-7-8-14-21(20)30-22/h1-14,22H,15-16H2/t22-/m0/s1. The van der Waals surface area contributed by atoms with Crippen LogP contribution in [0.2, 0.25) is 0 Å². The van der Waals surface area contributed by atoms with Crippen molar-refractivity contribution in [1.29, 1.82) is 0 Å². The first-order chi connectivity index (χ1) is 15.3. The summed E-state index contributed by atoms with van der Waals surface area (Å²) >= 11 is 1.36. The van der Waals surface area contributed by atoms with Crippen LogP contribution < -0.4 is 9.47 Å². The number of hydrogen-bond acceptors (Lipinski definition) is 6. The topological polar surface area (TPSA) is 66.2 Å². The van der Waals surface area contributed by atoms with E-state index in [1.165, 1.54) is 11.8 Å². The van der Waals surface area contributed by atoms with Crippen molar-refractivity contribution in [3.8, 4) is 17.2 Å². The average Bonchev–Trinajstić information content (AvgIpc) is 3.27. The summed E-state index contributed by atoms with van der Waals surface area (Å²) in [4.78, 5) is 12.6. The first-order valence-electron chi connectivity index (χ1n) is 9.90. The molecule has 4 aromatic rings. The van der Waals surface area contributed by atoms with Crippen LogP contribution >= 0.6 is 11.8 Å². The number of fused-ring (bicyclic) bond motifs is 1. The highest BCUT2D eigenvalue weighted by Gasteiger charge is 2.29. The molecule has 0 radical (unpaired) electrons. The van der Waals surface area contributed by atoms with Crippen LogP contribution in [0.1, 0.15) is 22.3 Å². The Morgan fingerprint density at radius 2 is 1.58 bits per heavy atom. The van der Waals surface area contributed by atoms with Gasteiger partial charge in [-0.1, -0.05) is 72.4 Å². The minimum Gasteiger partial charge on any atom is -0.485 e. The van der Waals surface area contributed by atoms with Crippen LogP contribution in [0.15, 0.2) is 90.1 Å². The third kappa shape index (κ3) is 4.04. The number of para-hydroxylation sites is 3. The van der Waals surface area contributed by atoms with Crippen LogP contribution in [0.3, 0.4) is 0 Å². The van der Waals surface area contributed by atoms with E-state index in [-0.39, 0.29) is 11.5 Å². The third-order valence-electron chi connectivity index (χ3n) is 4.90. The van der Waals surface area contributed by atoms with Crippen LogP contribution in [-0.4, -0.2) is 32.9 Å². The summed E-state index contributed by atoms with van der Waals surface area (Å²) in [6, 6.07) is 26.7. The minimum atomic E-state index is -0.415. The first kappa shape index (κ1) is 19.4. The van der Waals surface area contributed by atoms with Crippen LogP contribution in [0.25, 0.3) is 5.69 Å². The van der Waals surface area contributed by atoms with Crippen LogP contribution in [0.5, 0.6) is 11.5 Å². The molecule has 0 N–H and O–H groups in total. The van der Waals surface area contributed by atoms with E-state index in [4.69, 9.17) is 9.47 Å². The molecule has 0 fully saturated rings. The molecule has 1 atom stereocenters. The predicted molar refractivity (Wildman–Crippen MR) is 118 cm³/mol. The predicted octanol–water partition coefficient (Wildman–Crippen LogP) is 4.75. The Morgan fingerprint density at radius 1 is 0.903 bits per heavy atom. The Kier molecular flexibility index (Phi) is 5.41. The highest BCUT2D eigenvalue weighted by molar-refractivity contribution is 7.99. The van der Waals surface area contributed by atoms with E-state index in [1.807, 2.05) is 89.5 Å². The summed E-state index contributed by atoms with van der Waals surface area (Å²) in [6.07, 6.45) is -0.415. The number of aromatic nitrogens is 3. The number of carbonyl (C=O) groups excluding carboxylic acids is 1. The van der Waals surface area contributed by atoms with Gasteiger partial charge in [0.15, 0.2) is 34.4 Å². The summed E-state index contributed by atoms with van der Waals surface area (Å²) < 4.78 is 14.0. The Morgan fingerprint density at radius 3 is 2.35 bits per heavy atom. The van der Waals surface area contributed by atoms with E-state index in [0.717, 1.165) is 5.69 Å². The van der Waals surface area contributed by atoms with Crippen LogP contribution in [0.4, 0.5) is 0 Å². The molecule has 1 aliphatic rings. The van der Waals surface area contributed by atoms with E-state index in [9.17, 15) is 4.79 Å². The molecule has 0 bridgehead atoms. The second-order valence-corrected chi connectivity index (χ2v) is 7.90. The van der Waals surface area contributed by atoms with Gasteiger partial charge in [0.05, 0.1) is 5.75 Å². The normalized spacial score (nSPS) is 14.9. The number of Topliss-reactive ketones (excluding diaryl/α,β-unsaturated/α-hetero) is 1. The largest absolute Gasteiger partial charge is 0.485 e. The number of carbonyl (C=O) groups is 1. The molecule has 5 rings (SSSR count). The summed E-state index contributed by atoms with van der Waals surface area (Å²) in [6.45, 7) is 0.329. The van der Waals surface area contributed by atoms with Crippen molar-refractivity contribution in [3.05, 3.63) is 96.3 Å². The minimum absolute atomic E-state index is 0.0425. The van der Waals surface area contributed by atoms with Crippen molar-refractivity contribution in [2.75, 3.05) is 12.4 Å². The molecule has 1 aromatic heterocycles. The van der Waals surface area contributed by atoms with E-state index in [1.54, 1.807) is 0 Å². The lowest BCUT2D eigenvalue weighted by Gasteiger charge is -2.26. The van der Waals surface area contributed by atoms with Gasteiger partial charge >= 0.3 is 0 Å². The Hall–Kier alpha value is -3.58. The second-order valence-electron chi connectivity index (χ2n) is 6.95. The van der Waals surface area contributed by atoms with Gasteiger partial charge < -0.3 is 9.47 Å². The summed E-state index contributed by atoms with van der Waals surface area (Å²) in [5, 5.41) is 9.43. The smallest absolute Gasteiger partial charge is 0.196 e. The molecule has 154 valence electrons. The zero-order valence-electron chi connectivity index (χ0n) is 16.5. The highest BCUT2D eigenvalue weighted by atomic mass is 32.2. The molecule has 1 aliphatic heterocycles. The third-order valence-corrected chi connectivity index (χ3v) is 5.83. The summed E-state index contributed by atoms with van der Waals surface area (Å²) in [5.74, 6) is 2.33. The van der Waals surface area contributed by atoms with E-state index < -0.39 is 6.10 Å². The lowest BCUT2D eigenvalue weighted by atomic mass is 10.2. The fraction of sp³-hybridized carbons (Fsp3) is 0.125. The first-order valence-corrected chi connectivity index (χ1v) is 10.9. The van der Waals surface area contributed by atoms with E-state index in [0.29, 0.717) is 34.7 Å². The Balaban J connectivity index is 1.44. The highest BCUT2D eigenvalue weighted by Crippen LogP contribution is 2.36. The molecule has 7 heteroatoms. The molecule has 6 nitrogen and oxygen atoms in total. The Bertz CT molecular complexity index is 1200. The van der Waals surface area contributed by atoms with Gasteiger partial charge in [-0.15, -0.1) is 10.2 Å². The van der Waals surface area contributed by atoms with Gasteiger partial charge in [-0.2, -0.15) is 0 Å². The number of thioether (sulfide) groups is 1. The lowest BCUT2D eigenvalue weighted by molar-refractivity contribution is 0.0835. The molecule has 0 aliphatic carbocycles. The molecule has 0 spiro atoms. The molecular formula is C24H19N3O3S. The van der Waals surface area contributed by atoms with Crippen molar-refractivity contribution in [2.24, 2.45) is 0 Å². The van der Waals surface area contributed by atoms with Gasteiger partial charge in [-0.25, -0.2) is 0 Å². The Labute approximate surface area is 183 Å². The van der Waals surface area contributed by atoms with Gasteiger partial charge in [0.1, 0.15) is 6.61 Å². The molecule has 0 unspecified atom stereocenters. The van der Waals surface area contributed by atoms with Gasteiger partial charge in [0, 0.05) is 11.3 Å². The van der Waals surface area contributed by atoms with Crippen molar-refractivity contribution in [1.82, 2.24) is 14.8 Å². The fourth-order valence-electron chi connectivity index (χ4n) is 3.39. The number of benzene rings is 3. The van der Waals surface area contributed by atoms with Crippen molar-refractivity contribution < 1.29 is 14.3 Å². The quantitative estimate of drug-likeness (QED) is 0.325.